The van der Waals surface area contributed by atoms with Crippen molar-refractivity contribution in [1.29, 1.82) is 0 Å². The molecule has 5 nitrogen and oxygen atoms in total. The van der Waals surface area contributed by atoms with Gasteiger partial charge in [0.25, 0.3) is 5.56 Å². The predicted octanol–water partition coefficient (Wildman–Crippen LogP) is 0.602. The van der Waals surface area contributed by atoms with E-state index in [0.717, 1.165) is 5.56 Å². The summed E-state index contributed by atoms with van der Waals surface area (Å²) in [6.45, 7) is 2.01. The molecule has 0 aliphatic rings. The Balaban J connectivity index is 2.90. The smallest absolute Gasteiger partial charge is 0.330 e. The van der Waals surface area contributed by atoms with Gasteiger partial charge in [0, 0.05) is 7.11 Å². The molecular formula is C11H12N2O3. The number of aromatic amines is 1. The Kier molecular flexibility index (Phi) is 2.62. The van der Waals surface area contributed by atoms with Gasteiger partial charge in [-0.15, -0.1) is 0 Å². The summed E-state index contributed by atoms with van der Waals surface area (Å²) < 4.78 is 6.31. The number of methoxy groups -OCH3 is 1. The summed E-state index contributed by atoms with van der Waals surface area (Å²) in [5.74, 6) is 0. The maximum atomic E-state index is 11.6. The molecule has 1 heterocycles. The van der Waals surface area contributed by atoms with Crippen LogP contribution in [0.5, 0.6) is 0 Å². The molecule has 84 valence electrons. The highest BCUT2D eigenvalue weighted by Crippen LogP contribution is 2.09. The van der Waals surface area contributed by atoms with Gasteiger partial charge in [-0.2, -0.15) is 0 Å². The number of ether oxygens (including phenoxy) is 1. The Labute approximate surface area is 91.3 Å². The van der Waals surface area contributed by atoms with Crippen molar-refractivity contribution in [3.05, 3.63) is 44.6 Å². The first-order valence-electron chi connectivity index (χ1n) is 4.86. The molecule has 0 unspecified atom stereocenters. The van der Waals surface area contributed by atoms with Gasteiger partial charge < -0.3 is 4.74 Å². The van der Waals surface area contributed by atoms with Crippen LogP contribution < -0.4 is 11.2 Å². The minimum Gasteiger partial charge on any atom is -0.364 e. The quantitative estimate of drug-likeness (QED) is 0.806. The lowest BCUT2D eigenvalue weighted by Crippen LogP contribution is -2.30. The molecule has 5 heteroatoms. The summed E-state index contributed by atoms with van der Waals surface area (Å²) in [6.07, 6.45) is 0. The van der Waals surface area contributed by atoms with E-state index >= 15 is 0 Å². The minimum absolute atomic E-state index is 0.120. The molecule has 1 N–H and O–H groups in total. The second-order valence-corrected chi connectivity index (χ2v) is 3.63. The number of aryl methyl sites for hydroxylation is 1. The minimum atomic E-state index is -0.455. The van der Waals surface area contributed by atoms with Crippen molar-refractivity contribution in [2.24, 2.45) is 0 Å². The van der Waals surface area contributed by atoms with Crippen LogP contribution in [0.15, 0.2) is 27.8 Å². The highest BCUT2D eigenvalue weighted by atomic mass is 16.5. The Morgan fingerprint density at radius 3 is 2.81 bits per heavy atom. The molecule has 0 aliphatic carbocycles. The molecule has 0 fully saturated rings. The third-order valence-electron chi connectivity index (χ3n) is 2.41. The van der Waals surface area contributed by atoms with Crippen molar-refractivity contribution in [1.82, 2.24) is 9.55 Å². The second-order valence-electron chi connectivity index (χ2n) is 3.63. The Morgan fingerprint density at radius 1 is 1.38 bits per heavy atom. The van der Waals surface area contributed by atoms with Crippen molar-refractivity contribution in [3.8, 4) is 0 Å². The fourth-order valence-electron chi connectivity index (χ4n) is 1.67. The standard InChI is InChI=1S/C11H12N2O3/c1-7-3-4-9-8(5-7)10(14)12-11(15)13(9)6-16-2/h3-5H,6H2,1-2H3,(H,12,14,15). The number of nitrogens with one attached hydrogen (secondary N) is 1. The first-order chi connectivity index (χ1) is 7.63. The van der Waals surface area contributed by atoms with Gasteiger partial charge in [0.05, 0.1) is 10.9 Å². The van der Waals surface area contributed by atoms with Gasteiger partial charge in [-0.3, -0.25) is 14.3 Å². The Morgan fingerprint density at radius 2 is 2.12 bits per heavy atom. The van der Waals surface area contributed by atoms with Gasteiger partial charge in [-0.1, -0.05) is 11.6 Å². The molecule has 0 saturated heterocycles. The van der Waals surface area contributed by atoms with Crippen molar-refractivity contribution >= 4 is 10.9 Å². The summed E-state index contributed by atoms with van der Waals surface area (Å²) in [6, 6.07) is 5.35. The van der Waals surface area contributed by atoms with Crippen LogP contribution in [-0.4, -0.2) is 16.7 Å². The van der Waals surface area contributed by atoms with E-state index in [2.05, 4.69) is 4.98 Å². The molecule has 0 aliphatic heterocycles. The van der Waals surface area contributed by atoms with Gasteiger partial charge in [-0.05, 0) is 19.1 Å². The lowest BCUT2D eigenvalue weighted by molar-refractivity contribution is 0.130. The van der Waals surface area contributed by atoms with E-state index < -0.39 is 5.69 Å². The molecule has 0 amide bonds. The fourth-order valence-corrected chi connectivity index (χ4v) is 1.67. The molecule has 0 saturated carbocycles. The molecule has 0 spiro atoms. The molecular weight excluding hydrogens is 208 g/mol. The number of fused-ring (bicyclic) bond motifs is 1. The largest absolute Gasteiger partial charge is 0.364 e. The van der Waals surface area contributed by atoms with Crippen LogP contribution in [0.1, 0.15) is 5.56 Å². The van der Waals surface area contributed by atoms with Crippen LogP contribution in [0.4, 0.5) is 0 Å². The fraction of sp³-hybridized carbons (Fsp3) is 0.273. The summed E-state index contributed by atoms with van der Waals surface area (Å²) in [7, 11) is 1.50. The normalized spacial score (nSPS) is 10.9. The van der Waals surface area contributed by atoms with Crippen LogP contribution in [0.25, 0.3) is 10.9 Å². The number of rotatable bonds is 2. The molecule has 0 atom stereocenters. The topological polar surface area (TPSA) is 64.1 Å². The van der Waals surface area contributed by atoms with E-state index in [0.29, 0.717) is 10.9 Å². The van der Waals surface area contributed by atoms with Crippen LogP contribution in [0.2, 0.25) is 0 Å². The third kappa shape index (κ3) is 1.65. The van der Waals surface area contributed by atoms with E-state index in [1.807, 2.05) is 13.0 Å². The van der Waals surface area contributed by atoms with Crippen LogP contribution in [0, 0.1) is 6.92 Å². The lowest BCUT2D eigenvalue weighted by atomic mass is 10.2. The SMILES string of the molecule is COCn1c(=O)[nH]c(=O)c2cc(C)ccc21. The first-order valence-corrected chi connectivity index (χ1v) is 4.86. The predicted molar refractivity (Wildman–Crippen MR) is 60.6 cm³/mol. The zero-order valence-electron chi connectivity index (χ0n) is 9.11. The van der Waals surface area contributed by atoms with Gasteiger partial charge >= 0.3 is 5.69 Å². The first kappa shape index (κ1) is 10.6. The van der Waals surface area contributed by atoms with Gasteiger partial charge in [0.2, 0.25) is 0 Å². The Hall–Kier alpha value is -1.88. The molecule has 1 aromatic heterocycles. The average molecular weight is 220 g/mol. The van der Waals surface area contributed by atoms with Gasteiger partial charge in [-0.25, -0.2) is 4.79 Å². The Bertz CT molecular complexity index is 640. The van der Waals surface area contributed by atoms with Crippen LogP contribution >= 0.6 is 0 Å². The van der Waals surface area contributed by atoms with E-state index in [1.165, 1.54) is 11.7 Å². The second kappa shape index (κ2) is 3.94. The summed E-state index contributed by atoms with van der Waals surface area (Å²) in [5, 5.41) is 0.497. The number of hydrogen-bond donors (Lipinski definition) is 1. The van der Waals surface area contributed by atoms with Gasteiger partial charge in [0.15, 0.2) is 0 Å². The summed E-state index contributed by atoms with van der Waals surface area (Å²) in [5.41, 5.74) is 0.737. The number of benzene rings is 1. The highest BCUT2D eigenvalue weighted by molar-refractivity contribution is 5.78. The highest BCUT2D eigenvalue weighted by Gasteiger charge is 2.06. The van der Waals surface area contributed by atoms with E-state index in [4.69, 9.17) is 4.74 Å². The van der Waals surface area contributed by atoms with Crippen molar-refractivity contribution in [3.63, 3.8) is 0 Å². The number of aromatic nitrogens is 2. The molecule has 16 heavy (non-hydrogen) atoms. The van der Waals surface area contributed by atoms with Crippen molar-refractivity contribution in [2.45, 2.75) is 13.7 Å². The van der Waals surface area contributed by atoms with E-state index in [1.54, 1.807) is 12.1 Å². The zero-order valence-corrected chi connectivity index (χ0v) is 9.11. The van der Waals surface area contributed by atoms with Crippen molar-refractivity contribution in [2.75, 3.05) is 7.11 Å². The van der Waals surface area contributed by atoms with E-state index in [-0.39, 0.29) is 12.3 Å². The van der Waals surface area contributed by atoms with Gasteiger partial charge in [0.1, 0.15) is 6.73 Å². The van der Waals surface area contributed by atoms with E-state index in [9.17, 15) is 9.59 Å². The average Bonchev–Trinajstić information content (AvgIpc) is 2.24. The number of nitrogens with zero attached hydrogens (tertiary/aromatic N) is 1. The molecule has 0 bridgehead atoms. The molecule has 0 radical (unpaired) electrons. The zero-order chi connectivity index (χ0) is 11.7. The molecule has 1 aromatic carbocycles. The summed E-state index contributed by atoms with van der Waals surface area (Å²) in [4.78, 5) is 25.4. The monoisotopic (exact) mass is 220 g/mol. The van der Waals surface area contributed by atoms with Crippen molar-refractivity contribution < 1.29 is 4.74 Å². The summed E-state index contributed by atoms with van der Waals surface area (Å²) >= 11 is 0. The van der Waals surface area contributed by atoms with Crippen LogP contribution in [0.3, 0.4) is 0 Å². The third-order valence-corrected chi connectivity index (χ3v) is 2.41. The number of H-pyrrole nitrogens is 1. The molecule has 2 aromatic rings. The maximum absolute atomic E-state index is 11.6. The lowest BCUT2D eigenvalue weighted by Gasteiger charge is -2.08. The number of hydrogen-bond acceptors (Lipinski definition) is 3. The maximum Gasteiger partial charge on any atom is 0.330 e. The van der Waals surface area contributed by atoms with Crippen LogP contribution in [-0.2, 0) is 11.5 Å². The molecule has 2 rings (SSSR count).